The van der Waals surface area contributed by atoms with Crippen LogP contribution in [0.3, 0.4) is 0 Å². The molecule has 0 spiro atoms. The van der Waals surface area contributed by atoms with E-state index in [0.717, 1.165) is 5.82 Å². The Labute approximate surface area is 95.0 Å². The molecule has 1 aromatic rings. The van der Waals surface area contributed by atoms with E-state index in [-0.39, 0.29) is 12.0 Å². The SMILES string of the molecule is CCNC(Cn1nc(C)nc1C)C(=O)OC. The molecule has 1 rings (SSSR count). The number of carbonyl (C=O) groups is 1. The summed E-state index contributed by atoms with van der Waals surface area (Å²) in [5, 5.41) is 7.26. The van der Waals surface area contributed by atoms with Gasteiger partial charge in [-0.25, -0.2) is 9.67 Å². The Balaban J connectivity index is 2.75. The van der Waals surface area contributed by atoms with Crippen molar-refractivity contribution in [3.8, 4) is 0 Å². The Morgan fingerprint density at radius 2 is 2.25 bits per heavy atom. The Kier molecular flexibility index (Phi) is 4.42. The number of aryl methyl sites for hydroxylation is 2. The second-order valence-electron chi connectivity index (χ2n) is 3.52. The van der Waals surface area contributed by atoms with E-state index in [4.69, 9.17) is 4.74 Å². The van der Waals surface area contributed by atoms with Crippen LogP contribution in [0.15, 0.2) is 0 Å². The van der Waals surface area contributed by atoms with E-state index in [2.05, 4.69) is 15.4 Å². The molecule has 0 fully saturated rings. The smallest absolute Gasteiger partial charge is 0.324 e. The van der Waals surface area contributed by atoms with E-state index >= 15 is 0 Å². The van der Waals surface area contributed by atoms with Crippen LogP contribution in [0.25, 0.3) is 0 Å². The third-order valence-corrected chi connectivity index (χ3v) is 2.25. The lowest BCUT2D eigenvalue weighted by atomic mass is 10.3. The van der Waals surface area contributed by atoms with Crippen molar-refractivity contribution in [2.45, 2.75) is 33.4 Å². The number of rotatable bonds is 5. The van der Waals surface area contributed by atoms with Gasteiger partial charge in [0.15, 0.2) is 0 Å². The molecule has 0 bridgehead atoms. The molecular weight excluding hydrogens is 208 g/mol. The number of nitrogens with zero attached hydrogens (tertiary/aromatic N) is 3. The highest BCUT2D eigenvalue weighted by Crippen LogP contribution is 1.99. The molecule has 0 amide bonds. The van der Waals surface area contributed by atoms with Crippen LogP contribution in [0.5, 0.6) is 0 Å². The number of likely N-dealkylation sites (N-methyl/N-ethyl adjacent to an activating group) is 1. The molecule has 0 radical (unpaired) electrons. The minimum atomic E-state index is -0.380. The summed E-state index contributed by atoms with van der Waals surface area (Å²) in [5.41, 5.74) is 0. The lowest BCUT2D eigenvalue weighted by Crippen LogP contribution is -2.41. The molecule has 90 valence electrons. The predicted molar refractivity (Wildman–Crippen MR) is 59.0 cm³/mol. The van der Waals surface area contributed by atoms with Gasteiger partial charge in [0, 0.05) is 0 Å². The Bertz CT molecular complexity index is 362. The normalized spacial score (nSPS) is 12.5. The standard InChI is InChI=1S/C10H18N4O2/c1-5-11-9(10(15)16-4)6-14-8(3)12-7(2)13-14/h9,11H,5-6H2,1-4H3. The summed E-state index contributed by atoms with van der Waals surface area (Å²) < 4.78 is 6.43. The highest BCUT2D eigenvalue weighted by atomic mass is 16.5. The van der Waals surface area contributed by atoms with Crippen LogP contribution in [0.2, 0.25) is 0 Å². The number of carbonyl (C=O) groups excluding carboxylic acids is 1. The molecule has 0 aliphatic carbocycles. The molecular formula is C10H18N4O2. The zero-order valence-electron chi connectivity index (χ0n) is 10.1. The number of hydrogen-bond acceptors (Lipinski definition) is 5. The topological polar surface area (TPSA) is 69.0 Å². The zero-order valence-corrected chi connectivity index (χ0v) is 10.1. The van der Waals surface area contributed by atoms with Crippen LogP contribution in [0, 0.1) is 13.8 Å². The largest absolute Gasteiger partial charge is 0.468 e. The Hall–Kier alpha value is -1.43. The van der Waals surface area contributed by atoms with Gasteiger partial charge in [-0.05, 0) is 20.4 Å². The van der Waals surface area contributed by atoms with Crippen molar-refractivity contribution in [2.24, 2.45) is 0 Å². The molecule has 0 saturated carbocycles. The summed E-state index contributed by atoms with van der Waals surface area (Å²) in [7, 11) is 1.38. The lowest BCUT2D eigenvalue weighted by Gasteiger charge is -2.15. The van der Waals surface area contributed by atoms with Crippen molar-refractivity contribution in [3.05, 3.63) is 11.6 Å². The lowest BCUT2D eigenvalue weighted by molar-refractivity contribution is -0.143. The molecule has 6 nitrogen and oxygen atoms in total. The zero-order chi connectivity index (χ0) is 12.1. The monoisotopic (exact) mass is 226 g/mol. The fraction of sp³-hybridized carbons (Fsp3) is 0.700. The van der Waals surface area contributed by atoms with Crippen LogP contribution < -0.4 is 5.32 Å². The van der Waals surface area contributed by atoms with Crippen LogP contribution in [-0.4, -0.2) is 40.4 Å². The predicted octanol–water partition coefficient (Wildman–Crippen LogP) is 0.0460. The highest BCUT2D eigenvalue weighted by molar-refractivity contribution is 5.75. The molecule has 0 aliphatic rings. The first-order valence-corrected chi connectivity index (χ1v) is 5.27. The number of esters is 1. The summed E-state index contributed by atoms with van der Waals surface area (Å²) in [5.74, 6) is 1.22. The molecule has 1 unspecified atom stereocenters. The average molecular weight is 226 g/mol. The van der Waals surface area contributed by atoms with Gasteiger partial charge in [-0.15, -0.1) is 0 Å². The molecule has 6 heteroatoms. The number of ether oxygens (including phenoxy) is 1. The summed E-state index contributed by atoms with van der Waals surface area (Å²) in [6.45, 7) is 6.76. The maximum atomic E-state index is 11.5. The molecule has 1 atom stereocenters. The molecule has 0 aliphatic heterocycles. The number of methoxy groups -OCH3 is 1. The van der Waals surface area contributed by atoms with Gasteiger partial charge in [0.1, 0.15) is 17.7 Å². The van der Waals surface area contributed by atoms with Gasteiger partial charge >= 0.3 is 5.97 Å². The van der Waals surface area contributed by atoms with Gasteiger partial charge in [-0.3, -0.25) is 4.79 Å². The van der Waals surface area contributed by atoms with Gasteiger partial charge in [-0.2, -0.15) is 5.10 Å². The van der Waals surface area contributed by atoms with Gasteiger partial charge in [-0.1, -0.05) is 6.92 Å². The third-order valence-electron chi connectivity index (χ3n) is 2.25. The maximum absolute atomic E-state index is 11.5. The number of aromatic nitrogens is 3. The molecule has 0 aromatic carbocycles. The fourth-order valence-corrected chi connectivity index (χ4v) is 1.52. The molecule has 1 heterocycles. The van der Waals surface area contributed by atoms with Crippen LogP contribution in [0.1, 0.15) is 18.6 Å². The first kappa shape index (κ1) is 12.6. The summed E-state index contributed by atoms with van der Waals surface area (Å²) in [6.07, 6.45) is 0. The first-order valence-electron chi connectivity index (χ1n) is 5.27. The maximum Gasteiger partial charge on any atom is 0.324 e. The third kappa shape index (κ3) is 3.03. The first-order chi connectivity index (χ1) is 7.58. The van der Waals surface area contributed by atoms with Gasteiger partial charge in [0.2, 0.25) is 0 Å². The van der Waals surface area contributed by atoms with Crippen LogP contribution in [0.4, 0.5) is 0 Å². The van der Waals surface area contributed by atoms with E-state index in [1.54, 1.807) is 4.68 Å². The molecule has 1 aromatic heterocycles. The highest BCUT2D eigenvalue weighted by Gasteiger charge is 2.19. The summed E-state index contributed by atoms with van der Waals surface area (Å²) >= 11 is 0. The number of hydrogen-bond donors (Lipinski definition) is 1. The second kappa shape index (κ2) is 5.60. The summed E-state index contributed by atoms with van der Waals surface area (Å²) in [4.78, 5) is 15.7. The van der Waals surface area contributed by atoms with Crippen molar-refractivity contribution in [1.29, 1.82) is 0 Å². The van der Waals surface area contributed by atoms with Crippen molar-refractivity contribution < 1.29 is 9.53 Å². The van der Waals surface area contributed by atoms with E-state index < -0.39 is 0 Å². The minimum absolute atomic E-state index is 0.283. The van der Waals surface area contributed by atoms with Crippen molar-refractivity contribution in [2.75, 3.05) is 13.7 Å². The van der Waals surface area contributed by atoms with Gasteiger partial charge < -0.3 is 10.1 Å². The van der Waals surface area contributed by atoms with E-state index in [1.807, 2.05) is 20.8 Å². The van der Waals surface area contributed by atoms with E-state index in [9.17, 15) is 4.79 Å². The molecule has 16 heavy (non-hydrogen) atoms. The number of nitrogens with one attached hydrogen (secondary N) is 1. The average Bonchev–Trinajstić information content (AvgIpc) is 2.55. The molecule has 1 N–H and O–H groups in total. The fourth-order valence-electron chi connectivity index (χ4n) is 1.52. The Morgan fingerprint density at radius 3 is 2.69 bits per heavy atom. The minimum Gasteiger partial charge on any atom is -0.468 e. The van der Waals surface area contributed by atoms with Crippen molar-refractivity contribution in [3.63, 3.8) is 0 Å². The van der Waals surface area contributed by atoms with Crippen molar-refractivity contribution in [1.82, 2.24) is 20.1 Å². The van der Waals surface area contributed by atoms with Gasteiger partial charge in [0.25, 0.3) is 0 Å². The van der Waals surface area contributed by atoms with E-state index in [0.29, 0.717) is 18.9 Å². The summed E-state index contributed by atoms with van der Waals surface area (Å²) in [6, 6.07) is -0.380. The van der Waals surface area contributed by atoms with Crippen LogP contribution >= 0.6 is 0 Å². The van der Waals surface area contributed by atoms with Gasteiger partial charge in [0.05, 0.1) is 13.7 Å². The second-order valence-corrected chi connectivity index (χ2v) is 3.52. The van der Waals surface area contributed by atoms with E-state index in [1.165, 1.54) is 7.11 Å². The van der Waals surface area contributed by atoms with Crippen molar-refractivity contribution >= 4 is 5.97 Å². The molecule has 0 saturated heterocycles. The quantitative estimate of drug-likeness (QED) is 0.718. The Morgan fingerprint density at radius 1 is 1.56 bits per heavy atom. The van der Waals surface area contributed by atoms with Crippen LogP contribution in [-0.2, 0) is 16.1 Å².